The minimum absolute atomic E-state index is 0.0180. The zero-order valence-electron chi connectivity index (χ0n) is 14.0. The lowest BCUT2D eigenvalue weighted by atomic mass is 10.1. The number of aryl methyl sites for hydroxylation is 2. The zero-order valence-corrected chi connectivity index (χ0v) is 14.0. The SMILES string of the molecule is Cc1ccn(CCC(=O)NC(C)c2ccc(-n3cccc3)cc2)n1. The Bertz CT molecular complexity index is 787. The van der Waals surface area contributed by atoms with Gasteiger partial charge in [-0.25, -0.2) is 0 Å². The molecule has 0 bridgehead atoms. The van der Waals surface area contributed by atoms with Gasteiger partial charge < -0.3 is 9.88 Å². The molecule has 5 heteroatoms. The van der Waals surface area contributed by atoms with Crippen LogP contribution in [0.3, 0.4) is 0 Å². The number of nitrogens with zero attached hydrogens (tertiary/aromatic N) is 3. The summed E-state index contributed by atoms with van der Waals surface area (Å²) < 4.78 is 3.85. The Labute approximate surface area is 141 Å². The van der Waals surface area contributed by atoms with Gasteiger partial charge in [0.25, 0.3) is 0 Å². The third-order valence-corrected chi connectivity index (χ3v) is 4.02. The Morgan fingerprint density at radius 2 is 1.83 bits per heavy atom. The van der Waals surface area contributed by atoms with E-state index in [9.17, 15) is 4.79 Å². The first-order chi connectivity index (χ1) is 11.6. The molecule has 0 saturated heterocycles. The van der Waals surface area contributed by atoms with Gasteiger partial charge in [0.1, 0.15) is 0 Å². The quantitative estimate of drug-likeness (QED) is 0.757. The third-order valence-electron chi connectivity index (χ3n) is 4.02. The standard InChI is InChI=1S/C19H22N4O/c1-15-9-13-23(21-15)14-10-19(24)20-16(2)17-5-7-18(8-6-17)22-11-3-4-12-22/h3-9,11-13,16H,10,14H2,1-2H3,(H,20,24). The molecule has 0 aliphatic heterocycles. The first-order valence-electron chi connectivity index (χ1n) is 8.14. The summed E-state index contributed by atoms with van der Waals surface area (Å²) in [5.41, 5.74) is 3.16. The van der Waals surface area contributed by atoms with Gasteiger partial charge in [-0.15, -0.1) is 0 Å². The predicted octanol–water partition coefficient (Wildman–Crippen LogP) is 3.25. The van der Waals surface area contributed by atoms with Gasteiger partial charge in [0, 0.05) is 37.2 Å². The van der Waals surface area contributed by atoms with Crippen molar-refractivity contribution in [1.29, 1.82) is 0 Å². The Morgan fingerprint density at radius 3 is 2.46 bits per heavy atom. The average molecular weight is 322 g/mol. The van der Waals surface area contributed by atoms with E-state index in [2.05, 4.69) is 39.2 Å². The number of amides is 1. The summed E-state index contributed by atoms with van der Waals surface area (Å²) in [6.07, 6.45) is 6.34. The van der Waals surface area contributed by atoms with Crippen molar-refractivity contribution in [2.75, 3.05) is 0 Å². The largest absolute Gasteiger partial charge is 0.350 e. The Balaban J connectivity index is 1.54. The molecule has 3 rings (SSSR count). The van der Waals surface area contributed by atoms with Crippen LogP contribution in [0.2, 0.25) is 0 Å². The number of nitrogens with one attached hydrogen (secondary N) is 1. The summed E-state index contributed by atoms with van der Waals surface area (Å²) in [5, 5.41) is 7.33. The van der Waals surface area contributed by atoms with Crippen molar-refractivity contribution in [1.82, 2.24) is 19.7 Å². The highest BCUT2D eigenvalue weighted by Crippen LogP contribution is 2.16. The highest BCUT2D eigenvalue weighted by Gasteiger charge is 2.10. The van der Waals surface area contributed by atoms with E-state index in [0.29, 0.717) is 13.0 Å². The number of hydrogen-bond acceptors (Lipinski definition) is 2. The molecule has 24 heavy (non-hydrogen) atoms. The second-order valence-electron chi connectivity index (χ2n) is 5.94. The van der Waals surface area contributed by atoms with Crippen molar-refractivity contribution in [3.05, 3.63) is 72.3 Å². The predicted molar refractivity (Wildman–Crippen MR) is 93.9 cm³/mol. The van der Waals surface area contributed by atoms with Crippen LogP contribution in [-0.4, -0.2) is 20.3 Å². The summed E-state index contributed by atoms with van der Waals surface area (Å²) in [6, 6.07) is 14.1. The minimum atomic E-state index is -0.0180. The van der Waals surface area contributed by atoms with Gasteiger partial charge in [-0.3, -0.25) is 9.48 Å². The summed E-state index contributed by atoms with van der Waals surface area (Å²) in [5.74, 6) is 0.0325. The van der Waals surface area contributed by atoms with Crippen molar-refractivity contribution in [2.24, 2.45) is 0 Å². The van der Waals surface area contributed by atoms with Gasteiger partial charge in [-0.1, -0.05) is 12.1 Å². The average Bonchev–Trinajstić information content (AvgIpc) is 3.25. The van der Waals surface area contributed by atoms with Crippen LogP contribution in [0.25, 0.3) is 5.69 Å². The molecule has 0 aliphatic carbocycles. The Kier molecular flexibility index (Phi) is 4.79. The molecule has 3 aromatic rings. The first-order valence-corrected chi connectivity index (χ1v) is 8.14. The molecule has 0 radical (unpaired) electrons. The lowest BCUT2D eigenvalue weighted by Gasteiger charge is -2.15. The molecule has 5 nitrogen and oxygen atoms in total. The van der Waals surface area contributed by atoms with Crippen molar-refractivity contribution in [3.63, 3.8) is 0 Å². The van der Waals surface area contributed by atoms with E-state index in [1.165, 1.54) is 0 Å². The summed E-state index contributed by atoms with van der Waals surface area (Å²) in [4.78, 5) is 12.1. The topological polar surface area (TPSA) is 51.9 Å². The van der Waals surface area contributed by atoms with Gasteiger partial charge in [-0.05, 0) is 49.7 Å². The van der Waals surface area contributed by atoms with Gasteiger partial charge >= 0.3 is 0 Å². The van der Waals surface area contributed by atoms with Crippen molar-refractivity contribution >= 4 is 5.91 Å². The fourth-order valence-electron chi connectivity index (χ4n) is 2.64. The van der Waals surface area contributed by atoms with Crippen LogP contribution < -0.4 is 5.32 Å². The monoisotopic (exact) mass is 322 g/mol. The molecule has 0 saturated carbocycles. The molecule has 1 N–H and O–H groups in total. The van der Waals surface area contributed by atoms with E-state index >= 15 is 0 Å². The molecular weight excluding hydrogens is 300 g/mol. The fourth-order valence-corrected chi connectivity index (χ4v) is 2.64. The number of carbonyl (C=O) groups excluding carboxylic acids is 1. The van der Waals surface area contributed by atoms with E-state index in [1.54, 1.807) is 4.68 Å². The first kappa shape index (κ1) is 16.1. The highest BCUT2D eigenvalue weighted by molar-refractivity contribution is 5.76. The number of benzene rings is 1. The van der Waals surface area contributed by atoms with Crippen LogP contribution in [0, 0.1) is 6.92 Å². The molecule has 0 fully saturated rings. The van der Waals surface area contributed by atoms with E-state index in [0.717, 1.165) is 16.9 Å². The smallest absolute Gasteiger partial charge is 0.222 e. The van der Waals surface area contributed by atoms with E-state index in [4.69, 9.17) is 0 Å². The molecule has 0 spiro atoms. The van der Waals surface area contributed by atoms with Gasteiger partial charge in [0.15, 0.2) is 0 Å². The second kappa shape index (κ2) is 7.17. The number of hydrogen-bond donors (Lipinski definition) is 1. The molecule has 124 valence electrons. The lowest BCUT2D eigenvalue weighted by molar-refractivity contribution is -0.122. The molecule has 1 aromatic carbocycles. The summed E-state index contributed by atoms with van der Waals surface area (Å²) in [7, 11) is 0. The van der Waals surface area contributed by atoms with Crippen molar-refractivity contribution in [2.45, 2.75) is 32.9 Å². The molecule has 2 heterocycles. The van der Waals surface area contributed by atoms with E-state index in [-0.39, 0.29) is 11.9 Å². The van der Waals surface area contributed by atoms with E-state index in [1.807, 2.05) is 50.6 Å². The maximum atomic E-state index is 12.1. The Hall–Kier alpha value is -2.82. The van der Waals surface area contributed by atoms with Crippen molar-refractivity contribution < 1.29 is 4.79 Å². The normalized spacial score (nSPS) is 12.1. The molecule has 1 atom stereocenters. The third kappa shape index (κ3) is 3.93. The lowest BCUT2D eigenvalue weighted by Crippen LogP contribution is -2.27. The van der Waals surface area contributed by atoms with Crippen LogP contribution in [0.5, 0.6) is 0 Å². The minimum Gasteiger partial charge on any atom is -0.350 e. The van der Waals surface area contributed by atoms with Crippen LogP contribution in [0.15, 0.2) is 61.1 Å². The second-order valence-corrected chi connectivity index (χ2v) is 5.94. The van der Waals surface area contributed by atoms with Crippen LogP contribution in [0.1, 0.15) is 30.6 Å². The Morgan fingerprint density at radius 1 is 1.12 bits per heavy atom. The molecule has 1 amide bonds. The molecular formula is C19H22N4O. The van der Waals surface area contributed by atoms with Gasteiger partial charge in [0.2, 0.25) is 5.91 Å². The van der Waals surface area contributed by atoms with Crippen LogP contribution in [0.4, 0.5) is 0 Å². The summed E-state index contributed by atoms with van der Waals surface area (Å²) in [6.45, 7) is 4.54. The summed E-state index contributed by atoms with van der Waals surface area (Å²) >= 11 is 0. The maximum Gasteiger partial charge on any atom is 0.222 e. The molecule has 0 aliphatic rings. The van der Waals surface area contributed by atoms with Crippen LogP contribution >= 0.6 is 0 Å². The number of aromatic nitrogens is 3. The van der Waals surface area contributed by atoms with Gasteiger partial charge in [-0.2, -0.15) is 5.10 Å². The van der Waals surface area contributed by atoms with E-state index < -0.39 is 0 Å². The molecule has 1 unspecified atom stereocenters. The van der Waals surface area contributed by atoms with Gasteiger partial charge in [0.05, 0.1) is 11.7 Å². The number of carbonyl (C=O) groups is 1. The zero-order chi connectivity index (χ0) is 16.9. The van der Waals surface area contributed by atoms with Crippen molar-refractivity contribution in [3.8, 4) is 5.69 Å². The van der Waals surface area contributed by atoms with Crippen LogP contribution in [-0.2, 0) is 11.3 Å². The highest BCUT2D eigenvalue weighted by atomic mass is 16.1. The molecule has 2 aromatic heterocycles. The number of rotatable bonds is 6. The fraction of sp³-hybridized carbons (Fsp3) is 0.263. The maximum absolute atomic E-state index is 12.1.